The lowest BCUT2D eigenvalue weighted by Gasteiger charge is -2.09. The normalized spacial score (nSPS) is 10.5. The lowest BCUT2D eigenvalue weighted by Crippen LogP contribution is -2.14. The first kappa shape index (κ1) is 16.4. The highest BCUT2D eigenvalue weighted by Crippen LogP contribution is 2.23. The van der Waals surface area contributed by atoms with Crippen molar-refractivity contribution in [2.24, 2.45) is 0 Å². The monoisotopic (exact) mass is 339 g/mol. The number of amides is 1. The number of carbonyl (C=O) groups excluding carboxylic acids is 1. The Hall–Kier alpha value is -3.42. The predicted octanol–water partition coefficient (Wildman–Crippen LogP) is 2.19. The molecule has 0 unspecified atom stereocenters. The lowest BCUT2D eigenvalue weighted by atomic mass is 10.2. The molecule has 0 spiro atoms. The van der Waals surface area contributed by atoms with E-state index in [4.69, 9.17) is 4.74 Å². The van der Waals surface area contributed by atoms with E-state index in [1.807, 2.05) is 6.92 Å². The number of nitrogens with one attached hydrogen (secondary N) is 1. The summed E-state index contributed by atoms with van der Waals surface area (Å²) < 4.78 is 6.55. The maximum absolute atomic E-state index is 12.6. The number of rotatable bonds is 5. The summed E-state index contributed by atoms with van der Waals surface area (Å²) in [5.41, 5.74) is 1.43. The highest BCUT2D eigenvalue weighted by atomic mass is 16.5. The van der Waals surface area contributed by atoms with E-state index in [9.17, 15) is 9.90 Å². The number of methoxy groups -OCH3 is 1. The summed E-state index contributed by atoms with van der Waals surface area (Å²) in [5, 5.41) is 24.7. The minimum Gasteiger partial charge on any atom is -0.506 e. The molecule has 0 atom stereocenters. The van der Waals surface area contributed by atoms with Crippen molar-refractivity contribution in [3.63, 3.8) is 0 Å². The molecule has 0 fully saturated rings. The summed E-state index contributed by atoms with van der Waals surface area (Å²) in [6.07, 6.45) is 2.04. The largest absolute Gasteiger partial charge is 0.506 e. The van der Waals surface area contributed by atoms with Gasteiger partial charge in [0.25, 0.3) is 5.91 Å². The van der Waals surface area contributed by atoms with Crippen molar-refractivity contribution < 1.29 is 14.6 Å². The third-order valence-electron chi connectivity index (χ3n) is 3.65. The van der Waals surface area contributed by atoms with Gasteiger partial charge in [-0.1, -0.05) is 19.1 Å². The zero-order valence-electron chi connectivity index (χ0n) is 13.8. The number of nitrogens with zero attached hydrogens (tertiary/aromatic N) is 4. The van der Waals surface area contributed by atoms with Gasteiger partial charge in [0.15, 0.2) is 5.82 Å². The maximum atomic E-state index is 12.6. The Morgan fingerprint density at radius 3 is 2.68 bits per heavy atom. The number of para-hydroxylation sites is 2. The van der Waals surface area contributed by atoms with E-state index >= 15 is 0 Å². The number of benzene rings is 1. The zero-order chi connectivity index (χ0) is 17.8. The molecule has 25 heavy (non-hydrogen) atoms. The quantitative estimate of drug-likeness (QED) is 0.691. The second-order valence-corrected chi connectivity index (χ2v) is 5.18. The van der Waals surface area contributed by atoms with Gasteiger partial charge in [0.1, 0.15) is 5.75 Å². The molecule has 3 aromatic rings. The van der Waals surface area contributed by atoms with Crippen molar-refractivity contribution in [2.75, 3.05) is 12.4 Å². The molecule has 2 N–H and O–H groups in total. The van der Waals surface area contributed by atoms with Gasteiger partial charge in [0.2, 0.25) is 5.88 Å². The van der Waals surface area contributed by atoms with Gasteiger partial charge >= 0.3 is 0 Å². The van der Waals surface area contributed by atoms with E-state index in [1.54, 1.807) is 35.0 Å². The number of aromatic nitrogens is 4. The number of carbonyl (C=O) groups is 1. The SMILES string of the molecule is CCc1c(C(=O)Nc2ccccc2O)cnn1-c1ccc(OC)nn1. The number of ether oxygens (including phenoxy) is 1. The van der Waals surface area contributed by atoms with E-state index < -0.39 is 0 Å². The molecule has 0 aliphatic carbocycles. The molecule has 0 aliphatic heterocycles. The second kappa shape index (κ2) is 7.00. The Labute approximate surface area is 144 Å². The number of phenolic OH excluding ortho intramolecular Hbond substituents is 1. The topological polar surface area (TPSA) is 102 Å². The molecular weight excluding hydrogens is 322 g/mol. The van der Waals surface area contributed by atoms with Crippen LogP contribution in [0.25, 0.3) is 5.82 Å². The van der Waals surface area contributed by atoms with Crippen molar-refractivity contribution in [1.82, 2.24) is 20.0 Å². The fourth-order valence-electron chi connectivity index (χ4n) is 2.40. The van der Waals surface area contributed by atoms with Gasteiger partial charge in [-0.15, -0.1) is 10.2 Å². The van der Waals surface area contributed by atoms with E-state index in [-0.39, 0.29) is 11.7 Å². The average Bonchev–Trinajstić information content (AvgIpc) is 3.08. The standard InChI is InChI=1S/C17H17N5O3/c1-3-13-11(17(24)19-12-6-4-5-7-14(12)23)10-18-22(13)15-8-9-16(25-2)21-20-15/h4-10,23H,3H2,1-2H3,(H,19,24). The van der Waals surface area contributed by atoms with Gasteiger partial charge in [0, 0.05) is 6.07 Å². The number of hydrogen-bond donors (Lipinski definition) is 2. The van der Waals surface area contributed by atoms with Crippen LogP contribution in [0.15, 0.2) is 42.6 Å². The molecule has 3 rings (SSSR count). The van der Waals surface area contributed by atoms with Crippen LogP contribution in [0.1, 0.15) is 23.0 Å². The average molecular weight is 339 g/mol. The van der Waals surface area contributed by atoms with Crippen LogP contribution in [-0.2, 0) is 6.42 Å². The summed E-state index contributed by atoms with van der Waals surface area (Å²) in [6, 6.07) is 9.92. The third-order valence-corrected chi connectivity index (χ3v) is 3.65. The van der Waals surface area contributed by atoms with Crippen molar-refractivity contribution in [3.05, 3.63) is 53.9 Å². The number of aromatic hydroxyl groups is 1. The van der Waals surface area contributed by atoms with Gasteiger partial charge in [-0.3, -0.25) is 4.79 Å². The van der Waals surface area contributed by atoms with Gasteiger partial charge in [-0.05, 0) is 24.6 Å². The fraction of sp³-hybridized carbons (Fsp3) is 0.176. The molecule has 2 aromatic heterocycles. The Kier molecular flexibility index (Phi) is 4.60. The summed E-state index contributed by atoms with van der Waals surface area (Å²) in [5.74, 6) is 0.527. The molecule has 128 valence electrons. The minimum atomic E-state index is -0.355. The molecule has 0 aliphatic rings. The number of anilines is 1. The van der Waals surface area contributed by atoms with Crippen LogP contribution in [-0.4, -0.2) is 38.1 Å². The maximum Gasteiger partial charge on any atom is 0.259 e. The predicted molar refractivity (Wildman–Crippen MR) is 91.1 cm³/mol. The van der Waals surface area contributed by atoms with Crippen LogP contribution in [0.4, 0.5) is 5.69 Å². The smallest absolute Gasteiger partial charge is 0.259 e. The molecule has 8 heteroatoms. The highest BCUT2D eigenvalue weighted by Gasteiger charge is 2.19. The first-order valence-corrected chi connectivity index (χ1v) is 7.68. The Bertz CT molecular complexity index is 890. The molecule has 0 bridgehead atoms. The first-order valence-electron chi connectivity index (χ1n) is 7.68. The second-order valence-electron chi connectivity index (χ2n) is 5.18. The van der Waals surface area contributed by atoms with E-state index in [0.29, 0.717) is 35.1 Å². The van der Waals surface area contributed by atoms with Crippen molar-refractivity contribution in [1.29, 1.82) is 0 Å². The molecule has 8 nitrogen and oxygen atoms in total. The fourth-order valence-corrected chi connectivity index (χ4v) is 2.40. The van der Waals surface area contributed by atoms with Crippen LogP contribution in [0.2, 0.25) is 0 Å². The summed E-state index contributed by atoms with van der Waals surface area (Å²) >= 11 is 0. The molecule has 2 heterocycles. The molecule has 1 aromatic carbocycles. The zero-order valence-corrected chi connectivity index (χ0v) is 13.8. The molecule has 0 radical (unpaired) electrons. The van der Waals surface area contributed by atoms with Crippen LogP contribution < -0.4 is 10.1 Å². The van der Waals surface area contributed by atoms with Crippen molar-refractivity contribution >= 4 is 11.6 Å². The summed E-state index contributed by atoms with van der Waals surface area (Å²) in [7, 11) is 1.51. The van der Waals surface area contributed by atoms with Gasteiger partial charge in [0.05, 0.1) is 30.3 Å². The number of phenols is 1. The lowest BCUT2D eigenvalue weighted by molar-refractivity contribution is 0.102. The van der Waals surface area contributed by atoms with Crippen molar-refractivity contribution in [2.45, 2.75) is 13.3 Å². The van der Waals surface area contributed by atoms with Gasteiger partial charge < -0.3 is 15.2 Å². The van der Waals surface area contributed by atoms with Gasteiger partial charge in [-0.25, -0.2) is 4.68 Å². The van der Waals surface area contributed by atoms with Crippen LogP contribution in [0.5, 0.6) is 11.6 Å². The van der Waals surface area contributed by atoms with E-state index in [2.05, 4.69) is 20.6 Å². The Morgan fingerprint density at radius 2 is 2.04 bits per heavy atom. The molecule has 0 saturated carbocycles. The van der Waals surface area contributed by atoms with Crippen LogP contribution in [0, 0.1) is 0 Å². The molecule has 0 saturated heterocycles. The van der Waals surface area contributed by atoms with Gasteiger partial charge in [-0.2, -0.15) is 5.10 Å². The Morgan fingerprint density at radius 1 is 1.24 bits per heavy atom. The first-order chi connectivity index (χ1) is 12.1. The van der Waals surface area contributed by atoms with E-state index in [0.717, 1.165) is 0 Å². The van der Waals surface area contributed by atoms with Crippen LogP contribution >= 0.6 is 0 Å². The number of hydrogen-bond acceptors (Lipinski definition) is 6. The molecular formula is C17H17N5O3. The summed E-state index contributed by atoms with van der Waals surface area (Å²) in [6.45, 7) is 1.92. The van der Waals surface area contributed by atoms with Crippen molar-refractivity contribution in [3.8, 4) is 17.4 Å². The van der Waals surface area contributed by atoms with Crippen LogP contribution in [0.3, 0.4) is 0 Å². The summed E-state index contributed by atoms with van der Waals surface area (Å²) in [4.78, 5) is 12.6. The highest BCUT2D eigenvalue weighted by molar-refractivity contribution is 6.05. The van der Waals surface area contributed by atoms with E-state index in [1.165, 1.54) is 19.4 Å². The minimum absolute atomic E-state index is 0.00214. The third kappa shape index (κ3) is 3.27. The molecule has 1 amide bonds. The Balaban J connectivity index is 1.91.